The lowest BCUT2D eigenvalue weighted by Gasteiger charge is -2.10. The highest BCUT2D eigenvalue weighted by atomic mass is 79.9. The van der Waals surface area contributed by atoms with Crippen molar-refractivity contribution in [3.05, 3.63) is 28.2 Å². The molecule has 0 fully saturated rings. The summed E-state index contributed by atoms with van der Waals surface area (Å²) in [5.41, 5.74) is 0.920. The Kier molecular flexibility index (Phi) is 5.32. The van der Waals surface area contributed by atoms with Crippen molar-refractivity contribution in [2.45, 2.75) is 13.3 Å². The Bertz CT molecular complexity index is 350. The standard InChI is InChI=1S/C11H12Br2O2/c1-2-15-11-5-3-4-10(13)9(11)6-8(14)7-12/h3-5H,2,6-7H2,1H3. The van der Waals surface area contributed by atoms with E-state index in [1.807, 2.05) is 25.1 Å². The first-order valence-electron chi connectivity index (χ1n) is 4.66. The SMILES string of the molecule is CCOc1cccc(Br)c1CC(=O)CBr. The Labute approximate surface area is 106 Å². The van der Waals surface area contributed by atoms with E-state index in [2.05, 4.69) is 31.9 Å². The number of hydrogen-bond acceptors (Lipinski definition) is 2. The molecule has 0 aromatic heterocycles. The summed E-state index contributed by atoms with van der Waals surface area (Å²) in [7, 11) is 0. The third kappa shape index (κ3) is 3.61. The lowest BCUT2D eigenvalue weighted by molar-refractivity contribution is -0.115. The van der Waals surface area contributed by atoms with E-state index in [9.17, 15) is 4.79 Å². The van der Waals surface area contributed by atoms with Gasteiger partial charge in [0.1, 0.15) is 11.5 Å². The number of halogens is 2. The van der Waals surface area contributed by atoms with Gasteiger partial charge in [0.05, 0.1) is 11.9 Å². The lowest BCUT2D eigenvalue weighted by Crippen LogP contribution is -2.06. The van der Waals surface area contributed by atoms with Crippen molar-refractivity contribution < 1.29 is 9.53 Å². The minimum atomic E-state index is 0.142. The van der Waals surface area contributed by atoms with Crippen molar-refractivity contribution in [1.82, 2.24) is 0 Å². The molecule has 2 nitrogen and oxygen atoms in total. The van der Waals surface area contributed by atoms with E-state index < -0.39 is 0 Å². The molecular formula is C11H12Br2O2. The first-order chi connectivity index (χ1) is 7.19. The van der Waals surface area contributed by atoms with E-state index in [1.165, 1.54) is 0 Å². The fraction of sp³-hybridized carbons (Fsp3) is 0.364. The van der Waals surface area contributed by atoms with Crippen LogP contribution in [0.25, 0.3) is 0 Å². The van der Waals surface area contributed by atoms with Crippen molar-refractivity contribution in [3.8, 4) is 5.75 Å². The predicted octanol–water partition coefficient (Wildman–Crippen LogP) is 3.35. The zero-order valence-electron chi connectivity index (χ0n) is 8.43. The second-order valence-corrected chi connectivity index (χ2v) is 4.41. The van der Waals surface area contributed by atoms with Gasteiger partial charge in [0.25, 0.3) is 0 Å². The molecule has 0 spiro atoms. The summed E-state index contributed by atoms with van der Waals surface area (Å²) >= 11 is 6.58. The molecule has 0 atom stereocenters. The van der Waals surface area contributed by atoms with Crippen molar-refractivity contribution in [2.75, 3.05) is 11.9 Å². The molecule has 82 valence electrons. The normalized spacial score (nSPS) is 10.1. The Morgan fingerprint density at radius 3 is 2.80 bits per heavy atom. The van der Waals surface area contributed by atoms with Crippen LogP contribution in [-0.2, 0) is 11.2 Å². The average Bonchev–Trinajstić information content (AvgIpc) is 2.23. The predicted molar refractivity (Wildman–Crippen MR) is 67.8 cm³/mol. The van der Waals surface area contributed by atoms with Gasteiger partial charge in [-0.05, 0) is 19.1 Å². The number of carbonyl (C=O) groups is 1. The Hall–Kier alpha value is -0.350. The zero-order chi connectivity index (χ0) is 11.3. The van der Waals surface area contributed by atoms with E-state index in [4.69, 9.17) is 4.74 Å². The van der Waals surface area contributed by atoms with Crippen LogP contribution in [0, 0.1) is 0 Å². The first kappa shape index (κ1) is 12.7. The summed E-state index contributed by atoms with van der Waals surface area (Å²) in [6, 6.07) is 5.70. The van der Waals surface area contributed by atoms with Crippen molar-refractivity contribution >= 4 is 37.6 Å². The second kappa shape index (κ2) is 6.28. The molecule has 1 aromatic rings. The molecule has 0 aliphatic carbocycles. The number of carbonyl (C=O) groups excluding carboxylic acids is 1. The molecule has 15 heavy (non-hydrogen) atoms. The Morgan fingerprint density at radius 1 is 1.47 bits per heavy atom. The van der Waals surface area contributed by atoms with E-state index in [-0.39, 0.29) is 5.78 Å². The molecule has 0 amide bonds. The minimum Gasteiger partial charge on any atom is -0.494 e. The highest BCUT2D eigenvalue weighted by Crippen LogP contribution is 2.27. The molecule has 0 aliphatic rings. The third-order valence-corrected chi connectivity index (χ3v) is 3.27. The van der Waals surface area contributed by atoms with Crippen LogP contribution >= 0.6 is 31.9 Å². The summed E-state index contributed by atoms with van der Waals surface area (Å²) in [6.45, 7) is 2.53. The number of alkyl halides is 1. The third-order valence-electron chi connectivity index (χ3n) is 1.90. The summed E-state index contributed by atoms with van der Waals surface area (Å²) in [4.78, 5) is 11.4. The van der Waals surface area contributed by atoms with Crippen LogP contribution < -0.4 is 4.74 Å². The van der Waals surface area contributed by atoms with Gasteiger partial charge in [-0.3, -0.25) is 4.79 Å². The van der Waals surface area contributed by atoms with Gasteiger partial charge in [-0.2, -0.15) is 0 Å². The smallest absolute Gasteiger partial charge is 0.147 e. The molecule has 0 saturated heterocycles. The second-order valence-electron chi connectivity index (χ2n) is 3.00. The molecule has 1 aromatic carbocycles. The van der Waals surface area contributed by atoms with Gasteiger partial charge in [0.15, 0.2) is 0 Å². The molecule has 4 heteroatoms. The van der Waals surface area contributed by atoms with Gasteiger partial charge in [0, 0.05) is 16.5 Å². The fourth-order valence-electron chi connectivity index (χ4n) is 1.25. The molecule has 0 aliphatic heterocycles. The maximum Gasteiger partial charge on any atom is 0.147 e. The van der Waals surface area contributed by atoms with Gasteiger partial charge in [-0.25, -0.2) is 0 Å². The molecular weight excluding hydrogens is 324 g/mol. The fourth-order valence-corrected chi connectivity index (χ4v) is 1.93. The highest BCUT2D eigenvalue weighted by molar-refractivity contribution is 9.10. The summed E-state index contributed by atoms with van der Waals surface area (Å²) in [5.74, 6) is 0.920. The monoisotopic (exact) mass is 334 g/mol. The number of rotatable bonds is 5. The quantitative estimate of drug-likeness (QED) is 0.771. The maximum absolute atomic E-state index is 11.4. The van der Waals surface area contributed by atoms with E-state index in [1.54, 1.807) is 0 Å². The number of ketones is 1. The Morgan fingerprint density at radius 2 is 2.20 bits per heavy atom. The maximum atomic E-state index is 11.4. The van der Waals surface area contributed by atoms with Gasteiger partial charge in [0.2, 0.25) is 0 Å². The number of Topliss-reactive ketones (excluding diaryl/α,β-unsaturated/α-hetero) is 1. The number of hydrogen-bond donors (Lipinski definition) is 0. The van der Waals surface area contributed by atoms with Crippen LogP contribution in [0.15, 0.2) is 22.7 Å². The van der Waals surface area contributed by atoms with E-state index in [0.29, 0.717) is 18.4 Å². The van der Waals surface area contributed by atoms with Crippen molar-refractivity contribution in [3.63, 3.8) is 0 Å². The van der Waals surface area contributed by atoms with Gasteiger partial charge in [-0.1, -0.05) is 37.9 Å². The van der Waals surface area contributed by atoms with E-state index in [0.717, 1.165) is 15.8 Å². The average molecular weight is 336 g/mol. The van der Waals surface area contributed by atoms with Crippen LogP contribution in [0.3, 0.4) is 0 Å². The van der Waals surface area contributed by atoms with Crippen LogP contribution in [0.2, 0.25) is 0 Å². The van der Waals surface area contributed by atoms with Crippen molar-refractivity contribution in [2.24, 2.45) is 0 Å². The topological polar surface area (TPSA) is 26.3 Å². The van der Waals surface area contributed by atoms with Crippen LogP contribution in [0.5, 0.6) is 5.75 Å². The van der Waals surface area contributed by atoms with Crippen molar-refractivity contribution in [1.29, 1.82) is 0 Å². The molecule has 0 saturated carbocycles. The molecule has 0 radical (unpaired) electrons. The molecule has 1 rings (SSSR count). The Balaban J connectivity index is 2.96. The highest BCUT2D eigenvalue weighted by Gasteiger charge is 2.11. The number of benzene rings is 1. The van der Waals surface area contributed by atoms with Crippen LogP contribution in [0.1, 0.15) is 12.5 Å². The number of ether oxygens (including phenoxy) is 1. The summed E-state index contributed by atoms with van der Waals surface area (Å²) in [6.07, 6.45) is 0.391. The largest absolute Gasteiger partial charge is 0.494 e. The van der Waals surface area contributed by atoms with Gasteiger partial charge in [-0.15, -0.1) is 0 Å². The lowest BCUT2D eigenvalue weighted by atomic mass is 10.1. The van der Waals surface area contributed by atoms with Gasteiger partial charge < -0.3 is 4.74 Å². The zero-order valence-corrected chi connectivity index (χ0v) is 11.6. The molecule has 0 N–H and O–H groups in total. The molecule has 0 bridgehead atoms. The van der Waals surface area contributed by atoms with Gasteiger partial charge >= 0.3 is 0 Å². The van der Waals surface area contributed by atoms with Crippen LogP contribution in [-0.4, -0.2) is 17.7 Å². The molecule has 0 heterocycles. The van der Waals surface area contributed by atoms with E-state index >= 15 is 0 Å². The van der Waals surface area contributed by atoms with Crippen LogP contribution in [0.4, 0.5) is 0 Å². The summed E-state index contributed by atoms with van der Waals surface area (Å²) < 4.78 is 6.38. The molecule has 0 unspecified atom stereocenters. The summed E-state index contributed by atoms with van der Waals surface area (Å²) in [5, 5.41) is 0.375. The first-order valence-corrected chi connectivity index (χ1v) is 6.58. The minimum absolute atomic E-state index is 0.142.